The molecule has 0 bridgehead atoms. The van der Waals surface area contributed by atoms with E-state index in [0.717, 1.165) is 28.8 Å². The van der Waals surface area contributed by atoms with E-state index in [1.165, 1.54) is 24.0 Å². The molecule has 0 saturated heterocycles. The summed E-state index contributed by atoms with van der Waals surface area (Å²) in [4.78, 5) is 4.31. The second kappa shape index (κ2) is 8.22. The average molecular weight is 388 g/mol. The summed E-state index contributed by atoms with van der Waals surface area (Å²) in [7, 11) is 1.74. The van der Waals surface area contributed by atoms with Crippen molar-refractivity contribution in [3.05, 3.63) is 39.8 Å². The van der Waals surface area contributed by atoms with E-state index in [2.05, 4.69) is 51.7 Å². The van der Waals surface area contributed by atoms with E-state index in [-0.39, 0.29) is 5.41 Å². The molecule has 148 valence electrons. The molecule has 1 aliphatic rings. The topological polar surface area (TPSA) is 31.4 Å². The summed E-state index contributed by atoms with van der Waals surface area (Å²) in [6.45, 7) is 12.3. The van der Waals surface area contributed by atoms with E-state index in [1.54, 1.807) is 18.4 Å². The first-order chi connectivity index (χ1) is 12.8. The van der Waals surface area contributed by atoms with Crippen molar-refractivity contribution in [3.8, 4) is 11.5 Å². The van der Waals surface area contributed by atoms with Crippen LogP contribution in [0.15, 0.2) is 23.7 Å². The number of nitrogens with zero attached hydrogens (tertiary/aromatic N) is 1. The number of benzene rings is 1. The molecular formula is C23H33NO2S. The minimum atomic E-state index is 0.220. The molecule has 0 N–H and O–H groups in total. The standard InChI is InChI=1S/C23H33NO2S/c1-7-15(2)17-9-8-16-12-20(26-14-21-24-10-11-27-21)19(25-6)13-18(16)22(17)23(3,4)5/h10-13,15,17,22H,7-9,14H2,1-6H3. The number of aromatic nitrogens is 1. The van der Waals surface area contributed by atoms with Gasteiger partial charge >= 0.3 is 0 Å². The van der Waals surface area contributed by atoms with Crippen LogP contribution >= 0.6 is 11.3 Å². The normalized spacial score (nSPS) is 20.8. The van der Waals surface area contributed by atoms with Crippen LogP contribution in [0.2, 0.25) is 0 Å². The number of ether oxygens (including phenoxy) is 2. The fourth-order valence-electron chi connectivity index (χ4n) is 4.60. The Morgan fingerprint density at radius 1 is 1.26 bits per heavy atom. The molecular weight excluding hydrogens is 354 g/mol. The van der Waals surface area contributed by atoms with Gasteiger partial charge in [-0.1, -0.05) is 41.0 Å². The zero-order chi connectivity index (χ0) is 19.6. The molecule has 3 atom stereocenters. The summed E-state index contributed by atoms with van der Waals surface area (Å²) in [5, 5.41) is 2.96. The molecule has 3 unspecified atom stereocenters. The van der Waals surface area contributed by atoms with Gasteiger partial charge in [0.15, 0.2) is 11.5 Å². The van der Waals surface area contributed by atoms with Crippen LogP contribution in [-0.2, 0) is 13.0 Å². The smallest absolute Gasteiger partial charge is 0.162 e. The average Bonchev–Trinajstić information content (AvgIpc) is 3.16. The van der Waals surface area contributed by atoms with E-state index < -0.39 is 0 Å². The third-order valence-electron chi connectivity index (χ3n) is 6.08. The van der Waals surface area contributed by atoms with Crippen molar-refractivity contribution in [2.24, 2.45) is 17.3 Å². The van der Waals surface area contributed by atoms with Gasteiger partial charge < -0.3 is 9.47 Å². The highest BCUT2D eigenvalue weighted by molar-refractivity contribution is 7.09. The maximum Gasteiger partial charge on any atom is 0.162 e. The molecule has 1 aromatic carbocycles. The Morgan fingerprint density at radius 3 is 2.63 bits per heavy atom. The monoisotopic (exact) mass is 387 g/mol. The van der Waals surface area contributed by atoms with Gasteiger partial charge in [0.1, 0.15) is 11.6 Å². The largest absolute Gasteiger partial charge is 0.493 e. The van der Waals surface area contributed by atoms with Crippen molar-refractivity contribution >= 4 is 11.3 Å². The van der Waals surface area contributed by atoms with Crippen LogP contribution in [0.4, 0.5) is 0 Å². The van der Waals surface area contributed by atoms with Gasteiger partial charge in [0.25, 0.3) is 0 Å². The Labute approximate surface area is 168 Å². The molecule has 3 rings (SSSR count). The second-order valence-corrected chi connectivity index (χ2v) is 9.83. The SMILES string of the molecule is CCC(C)C1CCc2cc(OCc3nccs3)c(OC)cc2C1C(C)(C)C. The minimum absolute atomic E-state index is 0.220. The lowest BCUT2D eigenvalue weighted by Crippen LogP contribution is -2.34. The minimum Gasteiger partial charge on any atom is -0.493 e. The second-order valence-electron chi connectivity index (χ2n) is 8.85. The molecule has 0 radical (unpaired) electrons. The van der Waals surface area contributed by atoms with Gasteiger partial charge in [-0.25, -0.2) is 4.98 Å². The van der Waals surface area contributed by atoms with Gasteiger partial charge in [-0.2, -0.15) is 0 Å². The van der Waals surface area contributed by atoms with Crippen LogP contribution in [0.3, 0.4) is 0 Å². The fourth-order valence-corrected chi connectivity index (χ4v) is 5.13. The molecule has 1 aliphatic carbocycles. The van der Waals surface area contributed by atoms with Gasteiger partial charge in [0.2, 0.25) is 0 Å². The van der Waals surface area contributed by atoms with Crippen molar-refractivity contribution in [1.29, 1.82) is 0 Å². The molecule has 27 heavy (non-hydrogen) atoms. The summed E-state index contributed by atoms with van der Waals surface area (Å²) < 4.78 is 11.8. The number of hydrogen-bond donors (Lipinski definition) is 0. The zero-order valence-electron chi connectivity index (χ0n) is 17.5. The van der Waals surface area contributed by atoms with Crippen LogP contribution in [0.1, 0.15) is 69.5 Å². The molecule has 4 heteroatoms. The Balaban J connectivity index is 1.96. The molecule has 3 nitrogen and oxygen atoms in total. The number of aryl methyl sites for hydroxylation is 1. The first kappa shape index (κ1) is 20.2. The first-order valence-electron chi connectivity index (χ1n) is 10.1. The summed E-state index contributed by atoms with van der Waals surface area (Å²) in [6, 6.07) is 4.46. The Bertz CT molecular complexity index is 748. The number of hydrogen-bond acceptors (Lipinski definition) is 4. The maximum atomic E-state index is 6.08. The van der Waals surface area contributed by atoms with Crippen molar-refractivity contribution in [2.75, 3.05) is 7.11 Å². The highest BCUT2D eigenvalue weighted by Gasteiger charge is 2.40. The van der Waals surface area contributed by atoms with E-state index in [9.17, 15) is 0 Å². The predicted molar refractivity (Wildman–Crippen MR) is 113 cm³/mol. The van der Waals surface area contributed by atoms with Crippen LogP contribution < -0.4 is 9.47 Å². The van der Waals surface area contributed by atoms with Gasteiger partial charge in [-0.05, 0) is 59.3 Å². The molecule has 2 aromatic rings. The van der Waals surface area contributed by atoms with Crippen LogP contribution in [0.25, 0.3) is 0 Å². The number of methoxy groups -OCH3 is 1. The summed E-state index contributed by atoms with van der Waals surface area (Å²) in [6.07, 6.45) is 5.42. The number of thiazole rings is 1. The van der Waals surface area contributed by atoms with E-state index in [1.807, 2.05) is 11.6 Å². The molecule has 1 aromatic heterocycles. The summed E-state index contributed by atoms with van der Waals surface area (Å²) >= 11 is 1.62. The lowest BCUT2D eigenvalue weighted by atomic mass is 9.60. The first-order valence-corrected chi connectivity index (χ1v) is 10.9. The Kier molecular flexibility index (Phi) is 6.15. The maximum absolute atomic E-state index is 6.08. The molecule has 0 amide bonds. The quantitative estimate of drug-likeness (QED) is 0.569. The number of rotatable bonds is 6. The van der Waals surface area contributed by atoms with Crippen LogP contribution in [0.5, 0.6) is 11.5 Å². The van der Waals surface area contributed by atoms with Gasteiger partial charge in [0.05, 0.1) is 7.11 Å². The third-order valence-corrected chi connectivity index (χ3v) is 6.83. The van der Waals surface area contributed by atoms with Gasteiger partial charge in [-0.3, -0.25) is 0 Å². The predicted octanol–water partition coefficient (Wildman–Crippen LogP) is 6.47. The van der Waals surface area contributed by atoms with Crippen molar-refractivity contribution in [1.82, 2.24) is 4.98 Å². The number of fused-ring (bicyclic) bond motifs is 1. The van der Waals surface area contributed by atoms with Crippen LogP contribution in [0, 0.1) is 17.3 Å². The highest BCUT2D eigenvalue weighted by atomic mass is 32.1. The molecule has 0 spiro atoms. The Morgan fingerprint density at radius 2 is 2.04 bits per heavy atom. The van der Waals surface area contributed by atoms with Gasteiger partial charge in [0, 0.05) is 11.6 Å². The molecule has 1 heterocycles. The van der Waals surface area contributed by atoms with E-state index in [0.29, 0.717) is 18.4 Å². The zero-order valence-corrected chi connectivity index (χ0v) is 18.4. The third kappa shape index (κ3) is 4.31. The van der Waals surface area contributed by atoms with Crippen LogP contribution in [-0.4, -0.2) is 12.1 Å². The summed E-state index contributed by atoms with van der Waals surface area (Å²) in [5.74, 6) is 3.66. The Hall–Kier alpha value is -1.55. The molecule has 0 saturated carbocycles. The van der Waals surface area contributed by atoms with Crippen molar-refractivity contribution < 1.29 is 9.47 Å². The lowest BCUT2D eigenvalue weighted by molar-refractivity contribution is 0.158. The van der Waals surface area contributed by atoms with Crippen molar-refractivity contribution in [2.45, 2.75) is 66.4 Å². The summed E-state index contributed by atoms with van der Waals surface area (Å²) in [5.41, 5.74) is 3.10. The van der Waals surface area contributed by atoms with Crippen molar-refractivity contribution in [3.63, 3.8) is 0 Å². The van der Waals surface area contributed by atoms with Gasteiger partial charge in [-0.15, -0.1) is 11.3 Å². The van der Waals surface area contributed by atoms with E-state index in [4.69, 9.17) is 9.47 Å². The highest BCUT2D eigenvalue weighted by Crippen LogP contribution is 2.52. The fraction of sp³-hybridized carbons (Fsp3) is 0.609. The van der Waals surface area contributed by atoms with E-state index >= 15 is 0 Å². The molecule has 0 aliphatic heterocycles. The molecule has 0 fully saturated rings. The lowest BCUT2D eigenvalue weighted by Gasteiger charge is -2.44.